The molecule has 0 bridgehead atoms. The first-order valence-electron chi connectivity index (χ1n) is 9.17. The Morgan fingerprint density at radius 3 is 2.67 bits per heavy atom. The maximum Gasteiger partial charge on any atom is 0.345 e. The highest BCUT2D eigenvalue weighted by atomic mass is 16.4. The summed E-state index contributed by atoms with van der Waals surface area (Å²) in [6.07, 6.45) is 2.96. The van der Waals surface area contributed by atoms with E-state index in [1.54, 1.807) is 24.3 Å². The molecule has 5 rings (SSSR count). The first-order valence-corrected chi connectivity index (χ1v) is 9.17. The molecule has 0 amide bonds. The van der Waals surface area contributed by atoms with Crippen molar-refractivity contribution in [2.24, 2.45) is 0 Å². The molecule has 140 valence electrons. The molecular weight excluding hydrogens is 378 g/mol. The van der Waals surface area contributed by atoms with Gasteiger partial charge in [0.25, 0.3) is 0 Å². The van der Waals surface area contributed by atoms with Gasteiger partial charge < -0.3 is 9.73 Å². The van der Waals surface area contributed by atoms with Crippen LogP contribution in [0.3, 0.4) is 0 Å². The molecule has 2 aromatic heterocycles. The summed E-state index contributed by atoms with van der Waals surface area (Å²) in [4.78, 5) is 17.4. The number of nitrogens with zero attached hydrogens (tertiary/aromatic N) is 4. The first-order chi connectivity index (χ1) is 14.6. The van der Waals surface area contributed by atoms with Crippen LogP contribution in [0.15, 0.2) is 68.0 Å². The smallest absolute Gasteiger partial charge is 0.345 e. The van der Waals surface area contributed by atoms with Gasteiger partial charge in [-0.3, -0.25) is 4.98 Å². The van der Waals surface area contributed by atoms with Gasteiger partial charge in [0.2, 0.25) is 0 Å². The van der Waals surface area contributed by atoms with Gasteiger partial charge in [-0.15, -0.1) is 0 Å². The molecular formula is C23H11N5O2. The SMILES string of the molecule is N#CC1=CC2=C(NC1=C(C#N)C#N)c1cc3c(=O)oc4ccccc4c3nc1CC2. The largest absolute Gasteiger partial charge is 0.422 e. The molecule has 1 aromatic carbocycles. The number of hydrogen-bond acceptors (Lipinski definition) is 7. The summed E-state index contributed by atoms with van der Waals surface area (Å²) in [5, 5.41) is 32.2. The summed E-state index contributed by atoms with van der Waals surface area (Å²) in [6, 6.07) is 14.7. The highest BCUT2D eigenvalue weighted by molar-refractivity contribution is 6.02. The van der Waals surface area contributed by atoms with E-state index in [2.05, 4.69) is 5.32 Å². The fourth-order valence-corrected chi connectivity index (χ4v) is 3.93. The second-order valence-electron chi connectivity index (χ2n) is 6.93. The molecule has 1 aliphatic carbocycles. The van der Waals surface area contributed by atoms with Crippen molar-refractivity contribution in [3.8, 4) is 18.2 Å². The number of nitriles is 3. The second-order valence-corrected chi connectivity index (χ2v) is 6.93. The minimum Gasteiger partial charge on any atom is -0.422 e. The third kappa shape index (κ3) is 2.42. The third-order valence-corrected chi connectivity index (χ3v) is 5.32. The lowest BCUT2D eigenvalue weighted by molar-refractivity contribution is 0.569. The number of rotatable bonds is 0. The van der Waals surface area contributed by atoms with Gasteiger partial charge in [-0.25, -0.2) is 4.79 Å². The number of pyridine rings is 1. The predicted octanol–water partition coefficient (Wildman–Crippen LogP) is 3.35. The average Bonchev–Trinajstić information content (AvgIpc) is 2.78. The Kier molecular flexibility index (Phi) is 3.74. The van der Waals surface area contributed by atoms with Crippen molar-refractivity contribution in [3.05, 3.63) is 80.5 Å². The number of fused-ring (bicyclic) bond motifs is 5. The van der Waals surface area contributed by atoms with Crippen molar-refractivity contribution in [3.63, 3.8) is 0 Å². The van der Waals surface area contributed by atoms with Gasteiger partial charge in [-0.05, 0) is 42.7 Å². The van der Waals surface area contributed by atoms with Crippen LogP contribution in [-0.2, 0) is 6.42 Å². The quantitative estimate of drug-likeness (QED) is 0.355. The van der Waals surface area contributed by atoms with Crippen molar-refractivity contribution in [1.29, 1.82) is 15.8 Å². The van der Waals surface area contributed by atoms with E-state index in [0.717, 1.165) is 16.7 Å². The molecule has 1 aliphatic heterocycles. The number of benzene rings is 1. The lowest BCUT2D eigenvalue weighted by atomic mass is 9.87. The van der Waals surface area contributed by atoms with Crippen LogP contribution in [0.5, 0.6) is 0 Å². The zero-order valence-electron chi connectivity index (χ0n) is 15.5. The summed E-state index contributed by atoms with van der Waals surface area (Å²) in [6.45, 7) is 0. The van der Waals surface area contributed by atoms with Gasteiger partial charge in [0.15, 0.2) is 5.57 Å². The minimum absolute atomic E-state index is 0.166. The van der Waals surface area contributed by atoms with E-state index in [0.29, 0.717) is 40.6 Å². The van der Waals surface area contributed by atoms with E-state index in [9.17, 15) is 20.6 Å². The summed E-state index contributed by atoms with van der Waals surface area (Å²) in [5.41, 5.74) is 3.81. The van der Waals surface area contributed by atoms with Crippen molar-refractivity contribution in [2.75, 3.05) is 0 Å². The van der Waals surface area contributed by atoms with E-state index in [-0.39, 0.29) is 16.8 Å². The van der Waals surface area contributed by atoms with Gasteiger partial charge in [0, 0.05) is 10.9 Å². The first kappa shape index (κ1) is 17.4. The lowest BCUT2D eigenvalue weighted by Crippen LogP contribution is -2.24. The fraction of sp³-hybridized carbons (Fsp3) is 0.0870. The van der Waals surface area contributed by atoms with Crippen LogP contribution in [0.2, 0.25) is 0 Å². The molecule has 0 fully saturated rings. The van der Waals surface area contributed by atoms with Crippen LogP contribution in [0.1, 0.15) is 17.7 Å². The number of aromatic nitrogens is 1. The normalized spacial score (nSPS) is 14.7. The highest BCUT2D eigenvalue weighted by Crippen LogP contribution is 2.37. The Morgan fingerprint density at radius 1 is 1.10 bits per heavy atom. The van der Waals surface area contributed by atoms with Gasteiger partial charge in [0.05, 0.1) is 33.6 Å². The van der Waals surface area contributed by atoms with Gasteiger partial charge in [0.1, 0.15) is 23.8 Å². The molecule has 7 heteroatoms. The standard InChI is InChI=1S/C23H11N5O2/c24-9-13-7-12-5-6-18-16(21(12)28-20(13)14(10-25)11-26)8-17-22(27-18)15-3-1-2-4-19(15)30-23(17)29/h1-4,7-8,28H,5-6H2. The number of hydrogen-bond donors (Lipinski definition) is 1. The zero-order valence-corrected chi connectivity index (χ0v) is 15.5. The molecule has 3 heterocycles. The Hall–Kier alpha value is -4.67. The summed E-state index contributed by atoms with van der Waals surface area (Å²) in [5.74, 6) is 0. The number of allylic oxidation sites excluding steroid dienone is 4. The molecule has 0 atom stereocenters. The zero-order chi connectivity index (χ0) is 20.8. The van der Waals surface area contributed by atoms with Crippen molar-refractivity contribution < 1.29 is 4.42 Å². The summed E-state index contributed by atoms with van der Waals surface area (Å²) < 4.78 is 5.45. The summed E-state index contributed by atoms with van der Waals surface area (Å²) >= 11 is 0. The van der Waals surface area contributed by atoms with Gasteiger partial charge >= 0.3 is 5.63 Å². The number of nitrogens with one attached hydrogen (secondary N) is 1. The van der Waals surface area contributed by atoms with Crippen LogP contribution in [0.4, 0.5) is 0 Å². The molecule has 0 radical (unpaired) electrons. The van der Waals surface area contributed by atoms with E-state index in [4.69, 9.17) is 9.40 Å². The maximum absolute atomic E-state index is 12.6. The molecule has 7 nitrogen and oxygen atoms in total. The predicted molar refractivity (Wildman–Crippen MR) is 108 cm³/mol. The minimum atomic E-state index is -0.485. The van der Waals surface area contributed by atoms with E-state index < -0.39 is 5.63 Å². The third-order valence-electron chi connectivity index (χ3n) is 5.32. The van der Waals surface area contributed by atoms with E-state index in [1.165, 1.54) is 0 Å². The second kappa shape index (κ2) is 6.44. The van der Waals surface area contributed by atoms with Crippen molar-refractivity contribution in [2.45, 2.75) is 12.8 Å². The van der Waals surface area contributed by atoms with Gasteiger partial charge in [-0.2, -0.15) is 15.8 Å². The summed E-state index contributed by atoms with van der Waals surface area (Å²) in [7, 11) is 0. The van der Waals surface area contributed by atoms with Gasteiger partial charge in [-0.1, -0.05) is 12.1 Å². The topological polar surface area (TPSA) is 126 Å². The average molecular weight is 389 g/mol. The van der Waals surface area contributed by atoms with Crippen LogP contribution < -0.4 is 10.9 Å². The number of dihydropyridines is 1. The molecule has 0 unspecified atom stereocenters. The van der Waals surface area contributed by atoms with Crippen LogP contribution in [0.25, 0.3) is 27.6 Å². The molecule has 0 spiro atoms. The Bertz CT molecular complexity index is 1550. The Balaban J connectivity index is 1.80. The van der Waals surface area contributed by atoms with Crippen LogP contribution >= 0.6 is 0 Å². The number of aryl methyl sites for hydroxylation is 1. The molecule has 0 saturated carbocycles. The molecule has 0 saturated heterocycles. The van der Waals surface area contributed by atoms with E-state index >= 15 is 0 Å². The molecule has 30 heavy (non-hydrogen) atoms. The van der Waals surface area contributed by atoms with Crippen LogP contribution in [-0.4, -0.2) is 4.98 Å². The monoisotopic (exact) mass is 389 g/mol. The maximum atomic E-state index is 12.6. The van der Waals surface area contributed by atoms with Crippen molar-refractivity contribution >= 4 is 27.6 Å². The van der Waals surface area contributed by atoms with Crippen molar-refractivity contribution in [1.82, 2.24) is 10.3 Å². The lowest BCUT2D eigenvalue weighted by Gasteiger charge is -2.27. The Labute approximate surface area is 170 Å². The molecule has 3 aromatic rings. The fourth-order valence-electron chi connectivity index (χ4n) is 3.93. The molecule has 2 aliphatic rings. The van der Waals surface area contributed by atoms with E-state index in [1.807, 2.05) is 30.3 Å². The Morgan fingerprint density at radius 2 is 1.90 bits per heavy atom. The molecule has 1 N–H and O–H groups in total. The highest BCUT2D eigenvalue weighted by Gasteiger charge is 2.28. The van der Waals surface area contributed by atoms with Crippen LogP contribution in [0, 0.1) is 34.0 Å². The number of para-hydroxylation sites is 1.